The average molecular weight is 597 g/mol. The topological polar surface area (TPSA) is 13.1 Å². The maximum atomic E-state index is 6.25. The zero-order valence-electron chi connectivity index (χ0n) is 25.6. The van der Waals surface area contributed by atoms with Crippen molar-refractivity contribution in [1.82, 2.24) is 0 Å². The third kappa shape index (κ3) is 3.97. The van der Waals surface area contributed by atoms with Crippen molar-refractivity contribution in [3.8, 4) is 33.4 Å². The van der Waals surface area contributed by atoms with Crippen molar-refractivity contribution in [3.63, 3.8) is 0 Å². The standard InChI is InChI=1S/C46H28O/c1-2-12-29(13-3-1)30-22-24-39-42(26-30)45(32-23-25-44-40(28-32)36-18-10-11-21-43(36)47-44)37-19-8-9-20-38(37)46(39)41-27-31-14-4-5-15-33(31)34-16-6-7-17-35(34)41/h1-28H. The number of benzene rings is 9. The summed E-state index contributed by atoms with van der Waals surface area (Å²) in [6.07, 6.45) is 0. The molecule has 0 aliphatic heterocycles. The molecule has 0 N–H and O–H groups in total. The second kappa shape index (κ2) is 10.2. The van der Waals surface area contributed by atoms with Crippen LogP contribution in [0.1, 0.15) is 0 Å². The van der Waals surface area contributed by atoms with Crippen molar-refractivity contribution < 1.29 is 4.42 Å². The molecule has 47 heavy (non-hydrogen) atoms. The molecule has 0 fully saturated rings. The average Bonchev–Trinajstić information content (AvgIpc) is 3.52. The lowest BCUT2D eigenvalue weighted by Crippen LogP contribution is -1.93. The van der Waals surface area contributed by atoms with Gasteiger partial charge < -0.3 is 4.42 Å². The molecule has 0 unspecified atom stereocenters. The van der Waals surface area contributed by atoms with Gasteiger partial charge in [0.15, 0.2) is 0 Å². The second-order valence-corrected chi connectivity index (χ2v) is 12.4. The van der Waals surface area contributed by atoms with Crippen molar-refractivity contribution >= 4 is 65.0 Å². The van der Waals surface area contributed by atoms with Crippen molar-refractivity contribution in [2.45, 2.75) is 0 Å². The summed E-state index contributed by atoms with van der Waals surface area (Å²) in [5, 5.41) is 12.3. The molecule has 218 valence electrons. The number of hydrogen-bond donors (Lipinski definition) is 0. The van der Waals surface area contributed by atoms with Gasteiger partial charge in [-0.05, 0) is 107 Å². The molecule has 0 amide bonds. The third-order valence-electron chi connectivity index (χ3n) is 9.83. The highest BCUT2D eigenvalue weighted by atomic mass is 16.3. The lowest BCUT2D eigenvalue weighted by molar-refractivity contribution is 0.669. The Kier molecular flexibility index (Phi) is 5.64. The maximum Gasteiger partial charge on any atom is 0.135 e. The van der Waals surface area contributed by atoms with Gasteiger partial charge >= 0.3 is 0 Å². The Balaban J connectivity index is 1.38. The fraction of sp³-hybridized carbons (Fsp3) is 0. The summed E-state index contributed by atoms with van der Waals surface area (Å²) in [7, 11) is 0. The second-order valence-electron chi connectivity index (χ2n) is 12.4. The largest absolute Gasteiger partial charge is 0.456 e. The van der Waals surface area contributed by atoms with Crippen LogP contribution < -0.4 is 0 Å². The van der Waals surface area contributed by atoms with Crippen molar-refractivity contribution in [1.29, 1.82) is 0 Å². The van der Waals surface area contributed by atoms with Crippen LogP contribution in [0, 0.1) is 0 Å². The summed E-state index contributed by atoms with van der Waals surface area (Å²) in [4.78, 5) is 0. The molecule has 0 aliphatic rings. The number of furan rings is 1. The molecule has 0 bridgehead atoms. The molecule has 1 aromatic heterocycles. The van der Waals surface area contributed by atoms with Crippen LogP contribution in [0.15, 0.2) is 174 Å². The molecule has 1 heteroatoms. The van der Waals surface area contributed by atoms with Gasteiger partial charge in [0.2, 0.25) is 0 Å². The minimum atomic E-state index is 0.910. The van der Waals surface area contributed by atoms with Crippen LogP contribution in [-0.4, -0.2) is 0 Å². The predicted octanol–water partition coefficient (Wildman–Crippen LogP) is 13.2. The Labute approximate surface area is 271 Å². The van der Waals surface area contributed by atoms with Gasteiger partial charge in [0.25, 0.3) is 0 Å². The molecule has 1 nitrogen and oxygen atoms in total. The van der Waals surface area contributed by atoms with E-state index < -0.39 is 0 Å². The fourth-order valence-corrected chi connectivity index (χ4v) is 7.73. The Morgan fingerprint density at radius 2 is 0.851 bits per heavy atom. The van der Waals surface area contributed by atoms with Crippen molar-refractivity contribution in [2.75, 3.05) is 0 Å². The predicted molar refractivity (Wildman–Crippen MR) is 200 cm³/mol. The Morgan fingerprint density at radius 1 is 0.277 bits per heavy atom. The molecule has 0 saturated carbocycles. The summed E-state index contributed by atoms with van der Waals surface area (Å²) >= 11 is 0. The van der Waals surface area contributed by atoms with Crippen LogP contribution >= 0.6 is 0 Å². The first kappa shape index (κ1) is 26.1. The molecular weight excluding hydrogens is 569 g/mol. The van der Waals surface area contributed by atoms with Gasteiger partial charge in [0, 0.05) is 10.8 Å². The summed E-state index contributed by atoms with van der Waals surface area (Å²) in [6, 6.07) is 61.7. The summed E-state index contributed by atoms with van der Waals surface area (Å²) < 4.78 is 6.25. The van der Waals surface area contributed by atoms with E-state index in [2.05, 4.69) is 164 Å². The molecule has 10 rings (SSSR count). The van der Waals surface area contributed by atoms with E-state index in [0.29, 0.717) is 0 Å². The van der Waals surface area contributed by atoms with Crippen molar-refractivity contribution in [3.05, 3.63) is 170 Å². The molecule has 1 heterocycles. The number of fused-ring (bicyclic) bond motifs is 8. The highest BCUT2D eigenvalue weighted by Crippen LogP contribution is 2.48. The Morgan fingerprint density at radius 3 is 1.68 bits per heavy atom. The number of rotatable bonds is 3. The van der Waals surface area contributed by atoms with Gasteiger partial charge in [-0.3, -0.25) is 0 Å². The first-order chi connectivity index (χ1) is 23.3. The van der Waals surface area contributed by atoms with Crippen LogP contribution in [-0.2, 0) is 0 Å². The SMILES string of the molecule is c1ccc(-c2ccc3c(-c4cc5ccccc5c5ccccc45)c4ccccc4c(-c4ccc5oc6ccccc6c5c4)c3c2)cc1. The van der Waals surface area contributed by atoms with E-state index in [9.17, 15) is 0 Å². The molecule has 10 aromatic rings. The van der Waals surface area contributed by atoms with E-state index in [0.717, 1.165) is 21.9 Å². The van der Waals surface area contributed by atoms with Gasteiger partial charge in [-0.2, -0.15) is 0 Å². The van der Waals surface area contributed by atoms with Crippen molar-refractivity contribution in [2.24, 2.45) is 0 Å². The summed E-state index contributed by atoms with van der Waals surface area (Å²) in [5.74, 6) is 0. The third-order valence-corrected chi connectivity index (χ3v) is 9.83. The van der Waals surface area contributed by atoms with E-state index in [-0.39, 0.29) is 0 Å². The first-order valence-electron chi connectivity index (χ1n) is 16.2. The van der Waals surface area contributed by atoms with Crippen LogP contribution in [0.25, 0.3) is 98.4 Å². The van der Waals surface area contributed by atoms with E-state index in [4.69, 9.17) is 4.42 Å². The number of hydrogen-bond acceptors (Lipinski definition) is 1. The minimum Gasteiger partial charge on any atom is -0.456 e. The van der Waals surface area contributed by atoms with Gasteiger partial charge in [0.05, 0.1) is 0 Å². The molecule has 0 saturated heterocycles. The lowest BCUT2D eigenvalue weighted by atomic mass is 9.83. The summed E-state index contributed by atoms with van der Waals surface area (Å²) in [6.45, 7) is 0. The zero-order valence-corrected chi connectivity index (χ0v) is 25.6. The van der Waals surface area contributed by atoms with Crippen LogP contribution in [0.2, 0.25) is 0 Å². The monoisotopic (exact) mass is 596 g/mol. The van der Waals surface area contributed by atoms with E-state index in [1.807, 2.05) is 6.07 Å². The zero-order chi connectivity index (χ0) is 30.9. The van der Waals surface area contributed by atoms with Crippen LogP contribution in [0.4, 0.5) is 0 Å². The van der Waals surface area contributed by atoms with Gasteiger partial charge in [0.1, 0.15) is 11.2 Å². The fourth-order valence-electron chi connectivity index (χ4n) is 7.73. The normalized spacial score (nSPS) is 11.8. The molecule has 0 atom stereocenters. The van der Waals surface area contributed by atoms with E-state index >= 15 is 0 Å². The van der Waals surface area contributed by atoms with Gasteiger partial charge in [-0.25, -0.2) is 0 Å². The lowest BCUT2D eigenvalue weighted by Gasteiger charge is -2.20. The smallest absolute Gasteiger partial charge is 0.135 e. The van der Waals surface area contributed by atoms with Crippen LogP contribution in [0.5, 0.6) is 0 Å². The highest BCUT2D eigenvalue weighted by Gasteiger charge is 2.20. The first-order valence-corrected chi connectivity index (χ1v) is 16.2. The Hall–Kier alpha value is -6.18. The molecule has 0 aliphatic carbocycles. The van der Waals surface area contributed by atoms with Crippen LogP contribution in [0.3, 0.4) is 0 Å². The molecule has 0 radical (unpaired) electrons. The number of para-hydroxylation sites is 1. The maximum absolute atomic E-state index is 6.25. The molecule has 9 aromatic carbocycles. The Bertz CT molecular complexity index is 2840. The van der Waals surface area contributed by atoms with Gasteiger partial charge in [-0.1, -0.05) is 140 Å². The summed E-state index contributed by atoms with van der Waals surface area (Å²) in [5.41, 5.74) is 9.21. The van der Waals surface area contributed by atoms with E-state index in [1.165, 1.54) is 76.5 Å². The quantitative estimate of drug-likeness (QED) is 0.146. The molecule has 0 spiro atoms. The van der Waals surface area contributed by atoms with Gasteiger partial charge in [-0.15, -0.1) is 0 Å². The minimum absolute atomic E-state index is 0.910. The van der Waals surface area contributed by atoms with E-state index in [1.54, 1.807) is 0 Å². The highest BCUT2D eigenvalue weighted by molar-refractivity contribution is 6.26. The molecular formula is C46H28O.